The van der Waals surface area contributed by atoms with E-state index in [0.717, 1.165) is 0 Å². The van der Waals surface area contributed by atoms with Gasteiger partial charge in [-0.15, -0.1) is 0 Å². The van der Waals surface area contributed by atoms with Gasteiger partial charge in [0.2, 0.25) is 0 Å². The van der Waals surface area contributed by atoms with E-state index in [4.69, 9.17) is 56.8 Å². The fraction of sp³-hybridized carbons (Fsp3) is 1.00. The molecule has 19 N–H and O–H groups in total. The average molecular weight is 1000 g/mol. The molecule has 0 aromatic heterocycles. The van der Waals surface area contributed by atoms with Crippen LogP contribution in [0.5, 0.6) is 0 Å². The van der Waals surface area contributed by atoms with Gasteiger partial charge in [0.25, 0.3) is 0 Å². The van der Waals surface area contributed by atoms with Crippen LogP contribution < -0.4 is 0 Å². The summed E-state index contributed by atoms with van der Waals surface area (Å²) in [6.45, 7) is -5.37. The highest BCUT2D eigenvalue weighted by molar-refractivity contribution is 4.99. The van der Waals surface area contributed by atoms with Crippen LogP contribution in [0.3, 0.4) is 0 Å². The third-order valence-electron chi connectivity index (χ3n) is 12.7. The van der Waals surface area contributed by atoms with Crippen LogP contribution in [0.15, 0.2) is 0 Å². The summed E-state index contributed by atoms with van der Waals surface area (Å²) in [4.78, 5) is 0. The molecule has 398 valence electrons. The van der Waals surface area contributed by atoms with Crippen LogP contribution in [0.1, 0.15) is 0 Å². The second kappa shape index (κ2) is 24.2. The van der Waals surface area contributed by atoms with E-state index in [1.165, 1.54) is 7.11 Å². The van der Waals surface area contributed by atoms with Gasteiger partial charge in [-0.25, -0.2) is 0 Å². The van der Waals surface area contributed by atoms with Crippen LogP contribution in [0.4, 0.5) is 0 Å². The van der Waals surface area contributed by atoms with Crippen molar-refractivity contribution in [2.45, 2.75) is 184 Å². The maximum absolute atomic E-state index is 11.5. The quantitative estimate of drug-likeness (QED) is 0.0643. The fourth-order valence-electron chi connectivity index (χ4n) is 8.69. The molecular weight excluding hydrogens is 940 g/mol. The van der Waals surface area contributed by atoms with Gasteiger partial charge in [-0.1, -0.05) is 0 Å². The van der Waals surface area contributed by atoms with Gasteiger partial charge in [-0.05, 0) is 0 Å². The molecule has 0 aromatic rings. The molecule has 6 saturated heterocycles. The van der Waals surface area contributed by atoms with Crippen molar-refractivity contribution in [2.24, 2.45) is 0 Å². The number of methoxy groups -OCH3 is 1. The Kier molecular flexibility index (Phi) is 19.9. The topological polar surface area (TPSA) is 495 Å². The lowest BCUT2D eigenvalue weighted by molar-refractivity contribution is -0.395. The van der Waals surface area contributed by atoms with Crippen LogP contribution in [-0.4, -0.2) is 328 Å². The maximum atomic E-state index is 11.5. The third kappa shape index (κ3) is 11.4. The summed E-state index contributed by atoms with van der Waals surface area (Å²) in [5, 5.41) is 200. The summed E-state index contributed by atoms with van der Waals surface area (Å²) in [6, 6.07) is 0. The first-order valence-electron chi connectivity index (χ1n) is 21.5. The lowest BCUT2D eigenvalue weighted by Crippen LogP contribution is -2.68. The minimum Gasteiger partial charge on any atom is -0.394 e. The molecule has 0 radical (unpaired) electrons. The van der Waals surface area contributed by atoms with E-state index in [0.29, 0.717) is 0 Å². The Morgan fingerprint density at radius 2 is 0.588 bits per heavy atom. The molecule has 6 fully saturated rings. The Morgan fingerprint density at radius 1 is 0.294 bits per heavy atom. The Morgan fingerprint density at radius 3 is 0.971 bits per heavy atom. The molecule has 0 spiro atoms. The molecule has 0 bridgehead atoms. The fourth-order valence-corrected chi connectivity index (χ4v) is 8.69. The monoisotopic (exact) mass is 1000 g/mol. The van der Waals surface area contributed by atoms with E-state index in [1.807, 2.05) is 0 Å². The van der Waals surface area contributed by atoms with Gasteiger partial charge in [0.05, 0.1) is 39.6 Å². The first kappa shape index (κ1) is 56.1. The molecule has 68 heavy (non-hydrogen) atoms. The van der Waals surface area contributed by atoms with E-state index in [-0.39, 0.29) is 0 Å². The molecule has 6 rings (SSSR count). The second-order valence-corrected chi connectivity index (χ2v) is 17.0. The predicted molar refractivity (Wildman–Crippen MR) is 204 cm³/mol. The number of hydrogen-bond donors (Lipinski definition) is 19. The van der Waals surface area contributed by atoms with Crippen LogP contribution in [0, 0.1) is 0 Å². The number of ether oxygens (including phenoxy) is 12. The SMILES string of the molecule is CO[C@@H]1C(CO)O[C@@H](O[C@H]2C(O)C(O)[C@@H](O[C@@H]3C(CO)O[C@@H](O[C@H]4C(O)C(O)[C@@H](O[C@@H]5C(CO)O[C@@H](O)C(O)[C@@H]5O)O[C@H]4CO[C@H]4O[C@@H](CO)[C@H](O)C(O)C4O)C(O)[C@H]3O)O[C@H]2CO)C(O)[C@@H]1O. The van der Waals surface area contributed by atoms with Crippen molar-refractivity contribution in [3.05, 3.63) is 0 Å². The van der Waals surface area contributed by atoms with Gasteiger partial charge in [0.15, 0.2) is 37.7 Å². The lowest BCUT2D eigenvalue weighted by Gasteiger charge is -2.49. The average Bonchev–Trinajstić information content (AvgIpc) is 3.33. The standard InChI is InChI=1S/C37H64O31/c1-57-27-9(3-39)61-34(23(52)17(27)46)66-29-11(5-41)62-35(24(53)18(29)47)67-30-12(6-42)63-36(25(54)19(30)48)68-31-13(7-58-33-22(51)15(44)14(43)8(2-38)60-33)64-37(26(55)20(31)49)65-28-10(4-40)59-32(56)21(50)16(28)45/h8-56H,2-7H2,1H3/t8-,9?,10?,11-,12?,13-,14-,15?,16-,17-,18?,19+,20?,21?,22?,23?,24?,25?,26?,27+,28+,29+,30+,31+,32+,33-,34-,35+,36-,37+/m0/s1. The van der Waals surface area contributed by atoms with E-state index < -0.39 is 224 Å². The largest absolute Gasteiger partial charge is 0.394 e. The Balaban J connectivity index is 1.17. The van der Waals surface area contributed by atoms with Crippen molar-refractivity contribution >= 4 is 0 Å². The Labute approximate surface area is 384 Å². The number of aliphatic hydroxyl groups excluding tert-OH is 19. The molecule has 0 aliphatic carbocycles. The molecule has 0 saturated carbocycles. The highest BCUT2D eigenvalue weighted by Gasteiger charge is 2.57. The van der Waals surface area contributed by atoms with Crippen LogP contribution in [0.2, 0.25) is 0 Å². The molecule has 0 amide bonds. The van der Waals surface area contributed by atoms with Crippen LogP contribution in [0.25, 0.3) is 0 Å². The normalized spacial score (nSPS) is 52.8. The predicted octanol–water partition coefficient (Wildman–Crippen LogP) is -13.4. The van der Waals surface area contributed by atoms with Crippen molar-refractivity contribution < 1.29 is 154 Å². The molecule has 12 unspecified atom stereocenters. The molecule has 31 heteroatoms. The zero-order chi connectivity index (χ0) is 50.0. The van der Waals surface area contributed by atoms with Crippen molar-refractivity contribution in [1.29, 1.82) is 0 Å². The molecule has 31 nitrogen and oxygen atoms in total. The highest BCUT2D eigenvalue weighted by atomic mass is 16.8. The van der Waals surface area contributed by atoms with E-state index in [1.54, 1.807) is 0 Å². The van der Waals surface area contributed by atoms with Crippen molar-refractivity contribution in [3.63, 3.8) is 0 Å². The summed E-state index contributed by atoms with van der Waals surface area (Å²) < 4.78 is 66.5. The summed E-state index contributed by atoms with van der Waals surface area (Å²) >= 11 is 0. The van der Waals surface area contributed by atoms with E-state index in [9.17, 15) is 97.0 Å². The number of aliphatic hydroxyl groups is 19. The molecule has 6 aliphatic heterocycles. The van der Waals surface area contributed by atoms with Gasteiger partial charge in [-0.3, -0.25) is 0 Å². The molecule has 0 aromatic carbocycles. The van der Waals surface area contributed by atoms with Crippen molar-refractivity contribution in [3.8, 4) is 0 Å². The van der Waals surface area contributed by atoms with Crippen LogP contribution >= 0.6 is 0 Å². The zero-order valence-corrected chi connectivity index (χ0v) is 36.0. The van der Waals surface area contributed by atoms with E-state index in [2.05, 4.69) is 0 Å². The smallest absolute Gasteiger partial charge is 0.187 e. The summed E-state index contributed by atoms with van der Waals surface area (Å²) in [5.74, 6) is 0. The van der Waals surface area contributed by atoms with Gasteiger partial charge in [-0.2, -0.15) is 0 Å². The van der Waals surface area contributed by atoms with E-state index >= 15 is 0 Å². The van der Waals surface area contributed by atoms with Crippen molar-refractivity contribution in [2.75, 3.05) is 46.8 Å². The molecule has 30 atom stereocenters. The third-order valence-corrected chi connectivity index (χ3v) is 12.7. The van der Waals surface area contributed by atoms with Gasteiger partial charge < -0.3 is 154 Å². The second-order valence-electron chi connectivity index (χ2n) is 17.0. The maximum Gasteiger partial charge on any atom is 0.187 e. The molecule has 6 aliphatic rings. The highest BCUT2D eigenvalue weighted by Crippen LogP contribution is 2.36. The molecule has 6 heterocycles. The summed E-state index contributed by atoms with van der Waals surface area (Å²) in [6.07, 6.45) is -55.7. The number of hydrogen-bond acceptors (Lipinski definition) is 31. The van der Waals surface area contributed by atoms with Gasteiger partial charge in [0, 0.05) is 7.11 Å². The minimum atomic E-state index is -2.23. The van der Waals surface area contributed by atoms with Gasteiger partial charge in [0.1, 0.15) is 146 Å². The van der Waals surface area contributed by atoms with Crippen molar-refractivity contribution in [1.82, 2.24) is 0 Å². The zero-order valence-electron chi connectivity index (χ0n) is 36.0. The number of rotatable bonds is 17. The first-order valence-corrected chi connectivity index (χ1v) is 21.5. The lowest BCUT2D eigenvalue weighted by atomic mass is 9.95. The van der Waals surface area contributed by atoms with Crippen LogP contribution in [-0.2, 0) is 56.8 Å². The Hall–Kier alpha value is -1.24. The Bertz CT molecular complexity index is 1520. The first-order chi connectivity index (χ1) is 32.3. The summed E-state index contributed by atoms with van der Waals surface area (Å²) in [7, 11) is 1.18. The van der Waals surface area contributed by atoms with Gasteiger partial charge >= 0.3 is 0 Å². The molecular formula is C37H64O31. The minimum absolute atomic E-state index is 0.704. The summed E-state index contributed by atoms with van der Waals surface area (Å²) in [5.41, 5.74) is 0.